The quantitative estimate of drug-likeness (QED) is 0.900. The molecule has 0 saturated carbocycles. The number of anilines is 1. The van der Waals surface area contributed by atoms with Crippen LogP contribution in [0.25, 0.3) is 0 Å². The Hall–Kier alpha value is -1.10. The van der Waals surface area contributed by atoms with Crippen LogP contribution in [0.4, 0.5) is 5.69 Å². The maximum Gasteiger partial charge on any atom is 0.225 e. The first-order chi connectivity index (χ1) is 9.38. The fourth-order valence-electron chi connectivity index (χ4n) is 2.29. The Balaban J connectivity index is 1.90. The molecule has 0 unspecified atom stereocenters. The molecule has 2 rings (SSSR count). The minimum atomic E-state index is -0.314. The fraction of sp³-hybridized carbons (Fsp3) is 0.600. The maximum atomic E-state index is 12.0. The lowest BCUT2D eigenvalue weighted by atomic mass is 9.94. The first kappa shape index (κ1) is 15.3. The average molecular weight is 340 g/mol. The molecule has 1 saturated heterocycles. The second-order valence-electron chi connectivity index (χ2n) is 6.31. The first-order valence-electron chi connectivity index (χ1n) is 7.03. The normalized spacial score (nSPS) is 17.1. The van der Waals surface area contributed by atoms with Crippen molar-refractivity contribution in [3.8, 4) is 0 Å². The van der Waals surface area contributed by atoms with Gasteiger partial charge in [-0.2, -0.15) is 0 Å². The second kappa shape index (κ2) is 6.12. The van der Waals surface area contributed by atoms with Gasteiger partial charge in [0.05, 0.1) is 10.2 Å². The van der Waals surface area contributed by atoms with E-state index in [1.807, 2.05) is 39.2 Å². The van der Waals surface area contributed by atoms with Crippen molar-refractivity contribution < 1.29 is 4.79 Å². The van der Waals surface area contributed by atoms with Gasteiger partial charge in [-0.1, -0.05) is 20.8 Å². The molecule has 0 aliphatic carbocycles. The summed E-state index contributed by atoms with van der Waals surface area (Å²) in [6.45, 7) is 7.76. The molecule has 1 aliphatic heterocycles. The van der Waals surface area contributed by atoms with Gasteiger partial charge in [-0.15, -0.1) is 0 Å². The van der Waals surface area contributed by atoms with Crippen LogP contribution >= 0.6 is 15.9 Å². The van der Waals surface area contributed by atoms with Gasteiger partial charge < -0.3 is 10.2 Å². The number of aromatic nitrogens is 1. The Morgan fingerprint density at radius 1 is 1.40 bits per heavy atom. The second-order valence-corrected chi connectivity index (χ2v) is 7.17. The number of pyridine rings is 1. The Morgan fingerprint density at radius 2 is 2.05 bits per heavy atom. The molecule has 1 N–H and O–H groups in total. The highest BCUT2D eigenvalue weighted by molar-refractivity contribution is 9.10. The van der Waals surface area contributed by atoms with Crippen molar-refractivity contribution in [2.45, 2.75) is 39.7 Å². The van der Waals surface area contributed by atoms with E-state index in [4.69, 9.17) is 0 Å². The van der Waals surface area contributed by atoms with Crippen molar-refractivity contribution in [2.24, 2.45) is 5.41 Å². The van der Waals surface area contributed by atoms with E-state index in [2.05, 4.69) is 31.1 Å². The summed E-state index contributed by atoms with van der Waals surface area (Å²) in [6.07, 6.45) is 5.60. The summed E-state index contributed by atoms with van der Waals surface area (Å²) in [7, 11) is 0. The van der Waals surface area contributed by atoms with Crippen LogP contribution in [0.15, 0.2) is 22.9 Å². The van der Waals surface area contributed by atoms with E-state index in [0.717, 1.165) is 30.4 Å². The van der Waals surface area contributed by atoms with Gasteiger partial charge in [0, 0.05) is 36.9 Å². The van der Waals surface area contributed by atoms with E-state index >= 15 is 0 Å². The van der Waals surface area contributed by atoms with Crippen LogP contribution in [0.2, 0.25) is 0 Å². The first-order valence-corrected chi connectivity index (χ1v) is 7.82. The van der Waals surface area contributed by atoms with Crippen LogP contribution in [-0.2, 0) is 4.79 Å². The van der Waals surface area contributed by atoms with E-state index in [9.17, 15) is 4.79 Å². The van der Waals surface area contributed by atoms with Crippen LogP contribution in [0, 0.1) is 5.41 Å². The van der Waals surface area contributed by atoms with E-state index < -0.39 is 0 Å². The topological polar surface area (TPSA) is 45.2 Å². The number of carbonyl (C=O) groups is 1. The summed E-state index contributed by atoms with van der Waals surface area (Å²) in [4.78, 5) is 18.4. The van der Waals surface area contributed by atoms with Crippen molar-refractivity contribution in [2.75, 3.05) is 18.0 Å². The van der Waals surface area contributed by atoms with Crippen molar-refractivity contribution >= 4 is 27.5 Å². The Labute approximate surface area is 129 Å². The van der Waals surface area contributed by atoms with Gasteiger partial charge in [-0.05, 0) is 34.8 Å². The molecule has 0 radical (unpaired) electrons. The standard InChI is InChI=1S/C15H22BrN3O/c1-15(2,3)14(20)18-11-5-8-19(9-6-11)13-4-7-17-10-12(13)16/h4,7,10-11H,5-6,8-9H2,1-3H3,(H,18,20). The third-order valence-corrected chi connectivity index (χ3v) is 4.21. The maximum absolute atomic E-state index is 12.0. The molecular weight excluding hydrogens is 318 g/mol. The third-order valence-electron chi connectivity index (χ3n) is 3.60. The predicted octanol–water partition coefficient (Wildman–Crippen LogP) is 2.98. The number of nitrogens with one attached hydrogen (secondary N) is 1. The number of halogens is 1. The minimum absolute atomic E-state index is 0.140. The number of hydrogen-bond acceptors (Lipinski definition) is 3. The van der Waals surface area contributed by atoms with Crippen LogP contribution < -0.4 is 10.2 Å². The molecule has 1 fully saturated rings. The molecule has 1 aliphatic rings. The molecular formula is C15H22BrN3O. The van der Waals surface area contributed by atoms with Crippen molar-refractivity contribution in [1.29, 1.82) is 0 Å². The fourth-order valence-corrected chi connectivity index (χ4v) is 2.79. The zero-order valence-electron chi connectivity index (χ0n) is 12.3. The molecule has 0 bridgehead atoms. The number of hydrogen-bond donors (Lipinski definition) is 1. The Morgan fingerprint density at radius 3 is 2.60 bits per heavy atom. The third kappa shape index (κ3) is 3.72. The van der Waals surface area contributed by atoms with Gasteiger partial charge in [-0.25, -0.2) is 0 Å². The zero-order chi connectivity index (χ0) is 14.8. The van der Waals surface area contributed by atoms with E-state index in [1.54, 1.807) is 0 Å². The average Bonchev–Trinajstić information content (AvgIpc) is 2.39. The van der Waals surface area contributed by atoms with E-state index in [-0.39, 0.29) is 11.3 Å². The number of rotatable bonds is 2. The molecule has 1 aromatic heterocycles. The Kier molecular flexibility index (Phi) is 4.68. The number of piperidine rings is 1. The van der Waals surface area contributed by atoms with E-state index in [0.29, 0.717) is 6.04 Å². The number of amides is 1. The van der Waals surface area contributed by atoms with Crippen LogP contribution in [-0.4, -0.2) is 30.0 Å². The highest BCUT2D eigenvalue weighted by Crippen LogP contribution is 2.27. The molecule has 1 aromatic rings. The molecule has 20 heavy (non-hydrogen) atoms. The van der Waals surface area contributed by atoms with Gasteiger partial charge in [-0.3, -0.25) is 9.78 Å². The van der Waals surface area contributed by atoms with Gasteiger partial charge in [0.15, 0.2) is 0 Å². The molecule has 1 amide bonds. The van der Waals surface area contributed by atoms with Crippen LogP contribution in [0.1, 0.15) is 33.6 Å². The number of nitrogens with zero attached hydrogens (tertiary/aromatic N) is 2. The van der Waals surface area contributed by atoms with Gasteiger partial charge in [0.25, 0.3) is 0 Å². The summed E-state index contributed by atoms with van der Waals surface area (Å²) in [5.41, 5.74) is 0.867. The van der Waals surface area contributed by atoms with Crippen molar-refractivity contribution in [3.05, 3.63) is 22.9 Å². The Bertz CT molecular complexity index is 476. The van der Waals surface area contributed by atoms with Crippen LogP contribution in [0.3, 0.4) is 0 Å². The van der Waals surface area contributed by atoms with Crippen molar-refractivity contribution in [1.82, 2.24) is 10.3 Å². The SMILES string of the molecule is CC(C)(C)C(=O)NC1CCN(c2ccncc2Br)CC1. The molecule has 0 aromatic carbocycles. The highest BCUT2D eigenvalue weighted by atomic mass is 79.9. The smallest absolute Gasteiger partial charge is 0.225 e. The molecule has 0 spiro atoms. The highest BCUT2D eigenvalue weighted by Gasteiger charge is 2.26. The summed E-state index contributed by atoms with van der Waals surface area (Å²) in [6, 6.07) is 2.32. The van der Waals surface area contributed by atoms with Gasteiger partial charge >= 0.3 is 0 Å². The van der Waals surface area contributed by atoms with Gasteiger partial charge in [0.2, 0.25) is 5.91 Å². The summed E-state index contributed by atoms with van der Waals surface area (Å²) < 4.78 is 1.03. The molecule has 110 valence electrons. The molecule has 4 nitrogen and oxygen atoms in total. The summed E-state index contributed by atoms with van der Waals surface area (Å²) >= 11 is 3.54. The molecule has 2 heterocycles. The number of carbonyl (C=O) groups excluding carboxylic acids is 1. The largest absolute Gasteiger partial charge is 0.370 e. The van der Waals surface area contributed by atoms with Crippen LogP contribution in [0.5, 0.6) is 0 Å². The zero-order valence-corrected chi connectivity index (χ0v) is 13.9. The van der Waals surface area contributed by atoms with Gasteiger partial charge in [0.1, 0.15) is 0 Å². The summed E-state index contributed by atoms with van der Waals surface area (Å²) in [5.74, 6) is 0.140. The van der Waals surface area contributed by atoms with E-state index in [1.165, 1.54) is 5.69 Å². The monoisotopic (exact) mass is 339 g/mol. The minimum Gasteiger partial charge on any atom is -0.370 e. The lowest BCUT2D eigenvalue weighted by molar-refractivity contribution is -0.129. The molecule has 5 heteroatoms. The summed E-state index contributed by atoms with van der Waals surface area (Å²) in [5, 5.41) is 3.16. The van der Waals surface area contributed by atoms with Crippen molar-refractivity contribution in [3.63, 3.8) is 0 Å². The molecule has 0 atom stereocenters. The lowest BCUT2D eigenvalue weighted by Gasteiger charge is -2.35. The predicted molar refractivity (Wildman–Crippen MR) is 84.8 cm³/mol. The lowest BCUT2D eigenvalue weighted by Crippen LogP contribution is -2.47.